The summed E-state index contributed by atoms with van der Waals surface area (Å²) in [6, 6.07) is 5.96. The van der Waals surface area contributed by atoms with Gasteiger partial charge in [0.05, 0.1) is 24.2 Å². The maximum atomic E-state index is 13.5. The minimum Gasteiger partial charge on any atom is -0.333 e. The predicted octanol–water partition coefficient (Wildman–Crippen LogP) is 5.28. The van der Waals surface area contributed by atoms with E-state index < -0.39 is 46.8 Å². The van der Waals surface area contributed by atoms with Crippen LogP contribution in [0.1, 0.15) is 27.0 Å². The number of carbonyl (C=O) groups excluding carboxylic acids is 1. The molecule has 0 radical (unpaired) electrons. The molecular formula is C28H28F7N3OS. The summed E-state index contributed by atoms with van der Waals surface area (Å²) < 4.78 is 93.9. The second kappa shape index (κ2) is 12.8. The zero-order valence-electron chi connectivity index (χ0n) is 21.5. The molecule has 0 aromatic heterocycles. The van der Waals surface area contributed by atoms with E-state index in [0.29, 0.717) is 43.9 Å². The first-order valence-electron chi connectivity index (χ1n) is 12.7. The van der Waals surface area contributed by atoms with E-state index in [2.05, 4.69) is 16.7 Å². The average Bonchev–Trinajstić information content (AvgIpc) is 2.91. The average molecular weight is 588 g/mol. The molecule has 0 aliphatic carbocycles. The highest BCUT2D eigenvalue weighted by Crippen LogP contribution is 2.37. The Kier molecular flexibility index (Phi) is 9.69. The van der Waals surface area contributed by atoms with Crippen molar-refractivity contribution in [3.8, 4) is 11.8 Å². The lowest BCUT2D eigenvalue weighted by atomic mass is 9.99. The number of piperazine rings is 1. The standard InChI is InChI=1S/C28H28F7N3OS/c29-24-5-3-20(4-6-24)15-25-19-37(8-2-1-7-36-11-13-40-14-12-36)9-10-38(25)26(39)21-16-22(27(30,31)32)18-23(17-21)28(33,34)35/h3-6,16-18,25H,7-15,19H2/t25-/m1/s1. The Labute approximate surface area is 232 Å². The number of alkyl halides is 6. The van der Waals surface area contributed by atoms with E-state index in [9.17, 15) is 35.5 Å². The molecule has 4 nitrogen and oxygen atoms in total. The minimum absolute atomic E-state index is 0.00607. The second-order valence-corrected chi connectivity index (χ2v) is 11.0. The van der Waals surface area contributed by atoms with E-state index in [-0.39, 0.29) is 19.0 Å². The molecule has 12 heteroatoms. The van der Waals surface area contributed by atoms with Crippen molar-refractivity contribution < 1.29 is 35.5 Å². The van der Waals surface area contributed by atoms with E-state index in [1.54, 1.807) is 12.1 Å². The van der Waals surface area contributed by atoms with Gasteiger partial charge in [-0.15, -0.1) is 0 Å². The van der Waals surface area contributed by atoms with Gasteiger partial charge in [0, 0.05) is 55.8 Å². The molecule has 40 heavy (non-hydrogen) atoms. The maximum Gasteiger partial charge on any atom is 0.416 e. The highest BCUT2D eigenvalue weighted by molar-refractivity contribution is 7.99. The normalized spacial score (nSPS) is 19.3. The van der Waals surface area contributed by atoms with Crippen LogP contribution in [0, 0.1) is 17.7 Å². The van der Waals surface area contributed by atoms with Gasteiger partial charge in [-0.3, -0.25) is 14.6 Å². The van der Waals surface area contributed by atoms with E-state index in [1.165, 1.54) is 17.0 Å². The van der Waals surface area contributed by atoms with Crippen LogP contribution in [0.15, 0.2) is 42.5 Å². The van der Waals surface area contributed by atoms with Crippen LogP contribution in [0.5, 0.6) is 0 Å². The fourth-order valence-corrected chi connectivity index (χ4v) is 5.72. The van der Waals surface area contributed by atoms with Gasteiger partial charge in [0.2, 0.25) is 0 Å². The first-order chi connectivity index (χ1) is 18.9. The summed E-state index contributed by atoms with van der Waals surface area (Å²) in [5.74, 6) is 7.07. The summed E-state index contributed by atoms with van der Waals surface area (Å²) in [5.41, 5.74) is -3.08. The molecule has 0 spiro atoms. The number of amides is 1. The predicted molar refractivity (Wildman–Crippen MR) is 139 cm³/mol. The molecule has 1 atom stereocenters. The fourth-order valence-electron chi connectivity index (χ4n) is 4.74. The molecule has 0 unspecified atom stereocenters. The van der Waals surface area contributed by atoms with Crippen LogP contribution >= 0.6 is 11.8 Å². The lowest BCUT2D eigenvalue weighted by molar-refractivity contribution is -0.143. The van der Waals surface area contributed by atoms with Crippen LogP contribution < -0.4 is 0 Å². The van der Waals surface area contributed by atoms with Crippen molar-refractivity contribution in [3.63, 3.8) is 0 Å². The van der Waals surface area contributed by atoms with Gasteiger partial charge < -0.3 is 4.90 Å². The van der Waals surface area contributed by atoms with E-state index in [1.807, 2.05) is 16.7 Å². The molecule has 2 aromatic carbocycles. The van der Waals surface area contributed by atoms with Gasteiger partial charge in [0.1, 0.15) is 5.82 Å². The Morgan fingerprint density at radius 3 is 1.98 bits per heavy atom. The van der Waals surface area contributed by atoms with Crippen molar-refractivity contribution in [1.29, 1.82) is 0 Å². The summed E-state index contributed by atoms with van der Waals surface area (Å²) >= 11 is 1.90. The SMILES string of the molecule is O=C(c1cc(C(F)(F)F)cc(C(F)(F)F)c1)N1CCN(CC#CCN2CCSCC2)C[C@H]1Cc1ccc(F)cc1. The molecule has 1 amide bonds. The first-order valence-corrected chi connectivity index (χ1v) is 13.9. The quantitative estimate of drug-likeness (QED) is 0.351. The number of benzene rings is 2. The van der Waals surface area contributed by atoms with Crippen molar-refractivity contribution in [2.24, 2.45) is 0 Å². The third kappa shape index (κ3) is 8.15. The number of hydrogen-bond donors (Lipinski definition) is 0. The number of halogens is 7. The first kappa shape index (κ1) is 30.2. The largest absolute Gasteiger partial charge is 0.416 e. The van der Waals surface area contributed by atoms with Crippen molar-refractivity contribution in [2.75, 3.05) is 57.3 Å². The summed E-state index contributed by atoms with van der Waals surface area (Å²) in [6.45, 7) is 3.76. The molecule has 4 rings (SSSR count). The van der Waals surface area contributed by atoms with Crippen molar-refractivity contribution >= 4 is 17.7 Å². The maximum absolute atomic E-state index is 13.5. The third-order valence-electron chi connectivity index (χ3n) is 6.88. The number of nitrogens with zero attached hydrogens (tertiary/aromatic N) is 3. The smallest absolute Gasteiger partial charge is 0.333 e. The molecule has 0 N–H and O–H groups in total. The minimum atomic E-state index is -5.06. The summed E-state index contributed by atoms with van der Waals surface area (Å²) in [4.78, 5) is 19.0. The van der Waals surface area contributed by atoms with Gasteiger partial charge in [-0.2, -0.15) is 38.1 Å². The molecule has 0 saturated carbocycles. The molecule has 216 valence electrons. The Bertz CT molecular complexity index is 1200. The molecule has 2 heterocycles. The third-order valence-corrected chi connectivity index (χ3v) is 7.82. The highest BCUT2D eigenvalue weighted by atomic mass is 32.2. The van der Waals surface area contributed by atoms with E-state index in [4.69, 9.17) is 0 Å². The van der Waals surface area contributed by atoms with Crippen molar-refractivity contribution in [1.82, 2.24) is 14.7 Å². The summed E-state index contributed by atoms with van der Waals surface area (Å²) in [6.07, 6.45) is -9.88. The topological polar surface area (TPSA) is 26.8 Å². The van der Waals surface area contributed by atoms with Crippen LogP contribution in [0.2, 0.25) is 0 Å². The highest BCUT2D eigenvalue weighted by Gasteiger charge is 2.39. The van der Waals surface area contributed by atoms with Gasteiger partial charge >= 0.3 is 12.4 Å². The van der Waals surface area contributed by atoms with Crippen molar-refractivity contribution in [2.45, 2.75) is 24.8 Å². The van der Waals surface area contributed by atoms with Gasteiger partial charge in [-0.25, -0.2) is 4.39 Å². The lowest BCUT2D eigenvalue weighted by Crippen LogP contribution is -2.56. The van der Waals surface area contributed by atoms with Crippen LogP contribution in [-0.2, 0) is 18.8 Å². The van der Waals surface area contributed by atoms with E-state index >= 15 is 0 Å². The summed E-state index contributed by atoms with van der Waals surface area (Å²) in [7, 11) is 0. The van der Waals surface area contributed by atoms with E-state index in [0.717, 1.165) is 24.6 Å². The Hall–Kier alpha value is -2.75. The lowest BCUT2D eigenvalue weighted by Gasteiger charge is -2.41. The van der Waals surface area contributed by atoms with Gasteiger partial charge in [0.15, 0.2) is 0 Å². The second-order valence-electron chi connectivity index (χ2n) is 9.75. The zero-order chi connectivity index (χ0) is 28.9. The molecule has 2 aromatic rings. The van der Waals surface area contributed by atoms with Crippen LogP contribution in [-0.4, -0.2) is 84.0 Å². The number of thioether (sulfide) groups is 1. The van der Waals surface area contributed by atoms with Crippen molar-refractivity contribution in [3.05, 3.63) is 70.5 Å². The summed E-state index contributed by atoms with van der Waals surface area (Å²) in [5, 5.41) is 0. The van der Waals surface area contributed by atoms with Crippen LogP contribution in [0.4, 0.5) is 30.7 Å². The van der Waals surface area contributed by atoms with Gasteiger partial charge in [-0.05, 0) is 42.3 Å². The molecule has 2 aliphatic heterocycles. The van der Waals surface area contributed by atoms with Gasteiger partial charge in [-0.1, -0.05) is 24.0 Å². The number of hydrogen-bond acceptors (Lipinski definition) is 4. The van der Waals surface area contributed by atoms with Crippen LogP contribution in [0.25, 0.3) is 0 Å². The number of rotatable bonds is 5. The Morgan fingerprint density at radius 2 is 1.40 bits per heavy atom. The van der Waals surface area contributed by atoms with Crippen LogP contribution in [0.3, 0.4) is 0 Å². The fraction of sp³-hybridized carbons (Fsp3) is 0.464. The zero-order valence-corrected chi connectivity index (χ0v) is 22.3. The van der Waals surface area contributed by atoms with Gasteiger partial charge in [0.25, 0.3) is 5.91 Å². The molecule has 2 saturated heterocycles. The Morgan fingerprint density at radius 1 is 0.825 bits per heavy atom. The molecule has 2 aliphatic rings. The molecular weight excluding hydrogens is 559 g/mol. The monoisotopic (exact) mass is 587 g/mol. The Balaban J connectivity index is 1.55. The molecule has 2 fully saturated rings. The number of carbonyl (C=O) groups is 1. The molecule has 0 bridgehead atoms.